The van der Waals surface area contributed by atoms with Gasteiger partial charge >= 0.3 is 0 Å². The molecule has 112 valence electrons. The zero-order valence-electron chi connectivity index (χ0n) is 13.4. The average Bonchev–Trinajstić information content (AvgIpc) is 2.86. The molecule has 3 rings (SSSR count). The van der Waals surface area contributed by atoms with Gasteiger partial charge in [-0.3, -0.25) is 4.98 Å². The highest BCUT2D eigenvalue weighted by Crippen LogP contribution is 2.31. The molecule has 3 nitrogen and oxygen atoms in total. The van der Waals surface area contributed by atoms with Crippen LogP contribution in [0.25, 0.3) is 22.4 Å². The molecular formula is C19H21N3. The third kappa shape index (κ3) is 2.54. The molecule has 0 radical (unpaired) electrons. The highest BCUT2D eigenvalue weighted by Gasteiger charge is 2.16. The Morgan fingerprint density at radius 3 is 2.41 bits per heavy atom. The van der Waals surface area contributed by atoms with Gasteiger partial charge in [-0.15, -0.1) is 6.58 Å². The number of hydrogen-bond donors (Lipinski definition) is 1. The minimum absolute atomic E-state index is 0.159. The molecule has 0 amide bonds. The molecule has 0 bridgehead atoms. The molecule has 0 saturated heterocycles. The van der Waals surface area contributed by atoms with Crippen LogP contribution in [0.2, 0.25) is 0 Å². The van der Waals surface area contributed by atoms with Crippen LogP contribution in [0, 0.1) is 0 Å². The van der Waals surface area contributed by atoms with Crippen LogP contribution in [-0.2, 0) is 11.8 Å². The van der Waals surface area contributed by atoms with Crippen molar-refractivity contribution in [3.8, 4) is 11.3 Å². The Kier molecular flexibility index (Phi) is 3.57. The number of H-pyrrole nitrogens is 1. The van der Waals surface area contributed by atoms with Gasteiger partial charge in [-0.1, -0.05) is 51.1 Å². The molecule has 22 heavy (non-hydrogen) atoms. The zero-order valence-corrected chi connectivity index (χ0v) is 13.4. The van der Waals surface area contributed by atoms with Crippen molar-refractivity contribution in [1.29, 1.82) is 0 Å². The molecule has 0 aliphatic rings. The van der Waals surface area contributed by atoms with E-state index in [1.165, 1.54) is 5.56 Å². The Morgan fingerprint density at radius 2 is 1.77 bits per heavy atom. The summed E-state index contributed by atoms with van der Waals surface area (Å²) < 4.78 is 0. The van der Waals surface area contributed by atoms with Gasteiger partial charge in [-0.2, -0.15) is 0 Å². The summed E-state index contributed by atoms with van der Waals surface area (Å²) in [5.41, 5.74) is 6.64. The normalized spacial score (nSPS) is 11.8. The van der Waals surface area contributed by atoms with Gasteiger partial charge in [-0.05, 0) is 23.0 Å². The number of rotatable bonds is 3. The predicted octanol–water partition coefficient (Wildman–Crippen LogP) is 4.65. The summed E-state index contributed by atoms with van der Waals surface area (Å²) in [5, 5.41) is 0. The fraction of sp³-hybridized carbons (Fsp3) is 0.263. The van der Waals surface area contributed by atoms with Crippen molar-refractivity contribution in [2.45, 2.75) is 32.6 Å². The summed E-state index contributed by atoms with van der Waals surface area (Å²) in [6.45, 7) is 10.5. The van der Waals surface area contributed by atoms with Crippen LogP contribution in [0.3, 0.4) is 0 Å². The van der Waals surface area contributed by atoms with Gasteiger partial charge in [-0.25, -0.2) is 4.98 Å². The molecule has 0 saturated carbocycles. The molecule has 0 atom stereocenters. The van der Waals surface area contributed by atoms with E-state index >= 15 is 0 Å². The molecule has 0 aliphatic carbocycles. The first-order valence-electron chi connectivity index (χ1n) is 7.54. The van der Waals surface area contributed by atoms with E-state index < -0.39 is 0 Å². The highest BCUT2D eigenvalue weighted by molar-refractivity contribution is 5.85. The van der Waals surface area contributed by atoms with Crippen molar-refractivity contribution in [2.75, 3.05) is 0 Å². The van der Waals surface area contributed by atoms with Gasteiger partial charge < -0.3 is 4.98 Å². The van der Waals surface area contributed by atoms with Gasteiger partial charge in [0.05, 0.1) is 5.69 Å². The van der Waals surface area contributed by atoms with Crippen LogP contribution in [-0.4, -0.2) is 15.0 Å². The van der Waals surface area contributed by atoms with E-state index in [0.29, 0.717) is 0 Å². The van der Waals surface area contributed by atoms with E-state index in [2.05, 4.69) is 66.6 Å². The second kappa shape index (κ2) is 5.41. The third-order valence-corrected chi connectivity index (χ3v) is 3.92. The second-order valence-electron chi connectivity index (χ2n) is 6.55. The summed E-state index contributed by atoms with van der Waals surface area (Å²) in [6.07, 6.45) is 6.12. The molecule has 0 spiro atoms. The lowest BCUT2D eigenvalue weighted by Gasteiger charge is -2.19. The Balaban J connectivity index is 2.13. The minimum Gasteiger partial charge on any atom is -0.338 e. The van der Waals surface area contributed by atoms with E-state index in [4.69, 9.17) is 0 Å². The zero-order chi connectivity index (χ0) is 15.7. The Morgan fingerprint density at radius 1 is 1.09 bits per heavy atom. The van der Waals surface area contributed by atoms with Gasteiger partial charge in [0.15, 0.2) is 5.65 Å². The van der Waals surface area contributed by atoms with E-state index in [0.717, 1.165) is 34.4 Å². The molecule has 1 aromatic carbocycles. The number of aromatic nitrogens is 3. The first-order valence-corrected chi connectivity index (χ1v) is 7.54. The van der Waals surface area contributed by atoms with Crippen LogP contribution < -0.4 is 0 Å². The number of fused-ring (bicyclic) bond motifs is 1. The maximum atomic E-state index is 4.46. The monoisotopic (exact) mass is 291 g/mol. The quantitative estimate of drug-likeness (QED) is 0.714. The van der Waals surface area contributed by atoms with Crippen molar-refractivity contribution in [2.24, 2.45) is 0 Å². The molecule has 3 heteroatoms. The van der Waals surface area contributed by atoms with E-state index in [1.807, 2.05) is 6.08 Å². The molecule has 0 unspecified atom stereocenters. The van der Waals surface area contributed by atoms with Crippen molar-refractivity contribution < 1.29 is 0 Å². The number of benzene rings is 1. The highest BCUT2D eigenvalue weighted by atomic mass is 14.9. The first kappa shape index (κ1) is 14.5. The molecule has 2 aromatic heterocycles. The third-order valence-electron chi connectivity index (χ3n) is 3.92. The lowest BCUT2D eigenvalue weighted by molar-refractivity contribution is 0.590. The van der Waals surface area contributed by atoms with Crippen LogP contribution >= 0.6 is 0 Å². The van der Waals surface area contributed by atoms with E-state index in [-0.39, 0.29) is 5.41 Å². The summed E-state index contributed by atoms with van der Waals surface area (Å²) in [4.78, 5) is 12.2. The molecular weight excluding hydrogens is 270 g/mol. The van der Waals surface area contributed by atoms with Crippen LogP contribution in [0.15, 0.2) is 49.3 Å². The van der Waals surface area contributed by atoms with Crippen molar-refractivity contribution in [1.82, 2.24) is 15.0 Å². The number of nitrogens with zero attached hydrogens (tertiary/aromatic N) is 2. The first-order chi connectivity index (χ1) is 10.5. The van der Waals surface area contributed by atoms with Gasteiger partial charge in [0.2, 0.25) is 0 Å². The summed E-state index contributed by atoms with van der Waals surface area (Å²) in [6, 6.07) is 8.72. The van der Waals surface area contributed by atoms with Crippen LogP contribution in [0.4, 0.5) is 0 Å². The minimum atomic E-state index is 0.159. The topological polar surface area (TPSA) is 41.6 Å². The molecule has 3 aromatic rings. The Bertz CT molecular complexity index is 805. The van der Waals surface area contributed by atoms with Gasteiger partial charge in [0, 0.05) is 18.0 Å². The SMILES string of the molecule is C=CCc1c(-c2ccc(C(C)(C)C)cc2)[nH]c2nccnc12. The summed E-state index contributed by atoms with van der Waals surface area (Å²) >= 11 is 0. The molecule has 0 fully saturated rings. The average molecular weight is 291 g/mol. The van der Waals surface area contributed by atoms with Gasteiger partial charge in [0.25, 0.3) is 0 Å². The van der Waals surface area contributed by atoms with Gasteiger partial charge in [0.1, 0.15) is 5.52 Å². The van der Waals surface area contributed by atoms with Crippen molar-refractivity contribution in [3.05, 3.63) is 60.4 Å². The summed E-state index contributed by atoms with van der Waals surface area (Å²) in [7, 11) is 0. The van der Waals surface area contributed by atoms with E-state index in [9.17, 15) is 0 Å². The number of hydrogen-bond acceptors (Lipinski definition) is 2. The van der Waals surface area contributed by atoms with Crippen LogP contribution in [0.1, 0.15) is 31.9 Å². The number of aromatic amines is 1. The maximum absolute atomic E-state index is 4.46. The lowest BCUT2D eigenvalue weighted by Crippen LogP contribution is -2.10. The van der Waals surface area contributed by atoms with Crippen LogP contribution in [0.5, 0.6) is 0 Å². The summed E-state index contributed by atoms with van der Waals surface area (Å²) in [5.74, 6) is 0. The molecule has 2 heterocycles. The lowest BCUT2D eigenvalue weighted by atomic mass is 9.86. The van der Waals surface area contributed by atoms with Crippen molar-refractivity contribution in [3.63, 3.8) is 0 Å². The maximum Gasteiger partial charge on any atom is 0.156 e. The Labute approximate surface area is 131 Å². The smallest absolute Gasteiger partial charge is 0.156 e. The predicted molar refractivity (Wildman–Crippen MR) is 91.9 cm³/mol. The fourth-order valence-corrected chi connectivity index (χ4v) is 2.69. The van der Waals surface area contributed by atoms with Crippen molar-refractivity contribution >= 4 is 11.2 Å². The second-order valence-corrected chi connectivity index (χ2v) is 6.55. The number of nitrogens with one attached hydrogen (secondary N) is 1. The molecule has 1 N–H and O–H groups in total. The number of allylic oxidation sites excluding steroid dienone is 1. The standard InChI is InChI=1S/C19H21N3/c1-5-6-15-16(22-18-17(15)20-11-12-21-18)13-7-9-14(10-8-13)19(2,3)4/h5,7-12H,1,6H2,2-4H3,(H,21,22). The van der Waals surface area contributed by atoms with E-state index in [1.54, 1.807) is 12.4 Å². The largest absolute Gasteiger partial charge is 0.338 e. The molecule has 0 aliphatic heterocycles. The fourth-order valence-electron chi connectivity index (χ4n) is 2.69. The Hall–Kier alpha value is -2.42.